The minimum absolute atomic E-state index is 0.0317. The first-order valence-corrected chi connectivity index (χ1v) is 15.8. The first kappa shape index (κ1) is 29.3. The lowest BCUT2D eigenvalue weighted by Gasteiger charge is -2.42. The maximum atomic E-state index is 12.2. The van der Waals surface area contributed by atoms with E-state index in [0.717, 1.165) is 60.6 Å². The number of nitrogens with one attached hydrogen (secondary N) is 1. The fourth-order valence-electron chi connectivity index (χ4n) is 6.81. The van der Waals surface area contributed by atoms with E-state index in [1.165, 1.54) is 50.8 Å². The molecule has 0 aliphatic carbocycles. The van der Waals surface area contributed by atoms with Crippen LogP contribution in [0.15, 0.2) is 43.1 Å². The summed E-state index contributed by atoms with van der Waals surface area (Å²) < 4.78 is 0. The van der Waals surface area contributed by atoms with Gasteiger partial charge in [-0.25, -0.2) is 15.0 Å². The van der Waals surface area contributed by atoms with E-state index in [1.54, 1.807) is 0 Å². The number of likely N-dealkylation sites (tertiary alicyclic amines) is 1. The zero-order chi connectivity index (χ0) is 29.9. The summed E-state index contributed by atoms with van der Waals surface area (Å²) in [4.78, 5) is 36.2. The van der Waals surface area contributed by atoms with Crippen molar-refractivity contribution in [3.8, 4) is 11.1 Å². The molecule has 3 N–H and O–H groups in total. The summed E-state index contributed by atoms with van der Waals surface area (Å²) in [6, 6.07) is 9.55. The summed E-state index contributed by atoms with van der Waals surface area (Å²) in [5.74, 6) is 1.10. The summed E-state index contributed by atoms with van der Waals surface area (Å²) in [5, 5.41) is 3.61. The van der Waals surface area contributed by atoms with Crippen LogP contribution in [0, 0.1) is 0 Å². The van der Waals surface area contributed by atoms with Crippen molar-refractivity contribution in [1.82, 2.24) is 29.7 Å². The topological polar surface area (TPSA) is 107 Å². The van der Waals surface area contributed by atoms with Crippen LogP contribution in [0.5, 0.6) is 0 Å². The molecule has 3 saturated heterocycles. The van der Waals surface area contributed by atoms with Gasteiger partial charge in [-0.15, -0.1) is 0 Å². The number of hydrogen-bond acceptors (Lipinski definition) is 9. The highest BCUT2D eigenvalue weighted by Gasteiger charge is 2.27. The number of pyridine rings is 1. The van der Waals surface area contributed by atoms with E-state index in [9.17, 15) is 4.79 Å². The average molecular weight is 584 g/mol. The minimum Gasteiger partial charge on any atom is -0.382 e. The number of hydrogen-bond donors (Lipinski definition) is 2. The fraction of sp³-hybridized carbons (Fsp3) is 0.515. The molecule has 3 aliphatic heterocycles. The van der Waals surface area contributed by atoms with Crippen molar-refractivity contribution in [2.24, 2.45) is 0 Å². The third-order valence-electron chi connectivity index (χ3n) is 9.44. The van der Waals surface area contributed by atoms with Gasteiger partial charge < -0.3 is 25.8 Å². The van der Waals surface area contributed by atoms with E-state index in [4.69, 9.17) is 15.7 Å². The second-order valence-corrected chi connectivity index (χ2v) is 12.2. The van der Waals surface area contributed by atoms with Crippen LogP contribution in [-0.2, 0) is 11.2 Å². The van der Waals surface area contributed by atoms with Gasteiger partial charge in [0, 0.05) is 81.9 Å². The number of nitrogen functional groups attached to an aromatic ring is 1. The molecule has 1 atom stereocenters. The molecule has 1 aromatic carbocycles. The highest BCUT2D eigenvalue weighted by Crippen LogP contribution is 2.33. The number of amides is 1. The highest BCUT2D eigenvalue weighted by molar-refractivity contribution is 5.97. The Morgan fingerprint density at radius 3 is 2.47 bits per heavy atom. The van der Waals surface area contributed by atoms with Gasteiger partial charge in [0.2, 0.25) is 5.91 Å². The Morgan fingerprint density at radius 1 is 1.02 bits per heavy atom. The molecule has 3 aliphatic rings. The van der Waals surface area contributed by atoms with E-state index in [0.29, 0.717) is 30.3 Å². The maximum Gasteiger partial charge on any atom is 0.246 e. The summed E-state index contributed by atoms with van der Waals surface area (Å²) in [5.41, 5.74) is 11.7. The lowest BCUT2D eigenvalue weighted by molar-refractivity contribution is -0.127. The Balaban J connectivity index is 1.20. The largest absolute Gasteiger partial charge is 0.382 e. The molecule has 1 amide bonds. The van der Waals surface area contributed by atoms with Crippen molar-refractivity contribution in [2.45, 2.75) is 51.1 Å². The van der Waals surface area contributed by atoms with Gasteiger partial charge in [-0.2, -0.15) is 0 Å². The second kappa shape index (κ2) is 12.9. The Labute approximate surface area is 255 Å². The molecular weight excluding hydrogens is 538 g/mol. The summed E-state index contributed by atoms with van der Waals surface area (Å²) in [6.45, 7) is 14.0. The first-order chi connectivity index (χ1) is 20.9. The van der Waals surface area contributed by atoms with Crippen molar-refractivity contribution in [3.05, 3.63) is 48.8 Å². The number of likely N-dealkylation sites (N-methyl/N-ethyl adjacent to an activating group) is 1. The smallest absolute Gasteiger partial charge is 0.246 e. The van der Waals surface area contributed by atoms with Gasteiger partial charge in [0.25, 0.3) is 0 Å². The second-order valence-electron chi connectivity index (χ2n) is 12.2. The van der Waals surface area contributed by atoms with Crippen molar-refractivity contribution in [2.75, 3.05) is 75.4 Å². The van der Waals surface area contributed by atoms with Gasteiger partial charge in [-0.1, -0.05) is 25.6 Å². The molecule has 0 radical (unpaired) electrons. The molecule has 3 aromatic rings. The SMILES string of the molecule is C=CC(=O)N1CCCC(Nc2nc3c(-c4ccc(N5CCC(N6CCN(C)CC6)CC5)cc4)cnc(N)c3nc2CC)C1. The molecule has 0 saturated carbocycles. The normalized spacial score (nSPS) is 20.8. The number of nitrogens with zero attached hydrogens (tertiary/aromatic N) is 7. The van der Waals surface area contributed by atoms with Crippen molar-refractivity contribution in [1.29, 1.82) is 0 Å². The number of benzene rings is 1. The number of anilines is 3. The molecule has 1 unspecified atom stereocenters. The van der Waals surface area contributed by atoms with Crippen LogP contribution in [0.4, 0.5) is 17.3 Å². The number of piperidine rings is 2. The molecule has 0 bridgehead atoms. The molecule has 3 fully saturated rings. The van der Waals surface area contributed by atoms with Crippen LogP contribution >= 0.6 is 0 Å². The molecule has 43 heavy (non-hydrogen) atoms. The average Bonchev–Trinajstić information content (AvgIpc) is 3.05. The third-order valence-corrected chi connectivity index (χ3v) is 9.44. The van der Waals surface area contributed by atoms with Gasteiger partial charge in [-0.05, 0) is 62.9 Å². The number of aryl methyl sites for hydroxylation is 1. The lowest BCUT2D eigenvalue weighted by atomic mass is 10.0. The van der Waals surface area contributed by atoms with Crippen molar-refractivity contribution < 1.29 is 4.79 Å². The molecular formula is C33H45N9O. The number of carbonyl (C=O) groups is 1. The van der Waals surface area contributed by atoms with Gasteiger partial charge >= 0.3 is 0 Å². The van der Waals surface area contributed by atoms with Crippen LogP contribution in [-0.4, -0.2) is 107 Å². The summed E-state index contributed by atoms with van der Waals surface area (Å²) in [7, 11) is 2.22. The first-order valence-electron chi connectivity index (χ1n) is 15.8. The van der Waals surface area contributed by atoms with Crippen molar-refractivity contribution >= 4 is 34.3 Å². The Bertz CT molecular complexity index is 1440. The van der Waals surface area contributed by atoms with Crippen LogP contribution in [0.3, 0.4) is 0 Å². The predicted molar refractivity (Wildman–Crippen MR) is 174 cm³/mol. The molecule has 5 heterocycles. The standard InChI is InChI=1S/C33H45N9O/c1-4-28-33(36-24-7-6-14-42(22-24)29(43)5-2)38-30-27(21-35-32(34)31(30)37-28)23-8-10-25(11-9-23)40-15-12-26(13-16-40)41-19-17-39(3)18-20-41/h5,8-11,21,24,26H,2,4,6-7,12-20,22H2,1,3H3,(H2,34,35)(H,36,38). The third kappa shape index (κ3) is 6.31. The maximum absolute atomic E-state index is 12.2. The zero-order valence-electron chi connectivity index (χ0n) is 25.6. The number of piperazine rings is 1. The van der Waals surface area contributed by atoms with Gasteiger partial charge in [0.1, 0.15) is 16.9 Å². The number of rotatable bonds is 7. The molecule has 6 rings (SSSR count). The van der Waals surface area contributed by atoms with E-state index in [-0.39, 0.29) is 11.9 Å². The van der Waals surface area contributed by atoms with Gasteiger partial charge in [-0.3, -0.25) is 9.69 Å². The fourth-order valence-corrected chi connectivity index (χ4v) is 6.81. The summed E-state index contributed by atoms with van der Waals surface area (Å²) in [6.07, 6.45) is 8.22. The molecule has 10 heteroatoms. The van der Waals surface area contributed by atoms with E-state index in [2.05, 4.69) is 69.8 Å². The molecule has 2 aromatic heterocycles. The molecule has 0 spiro atoms. The van der Waals surface area contributed by atoms with Crippen LogP contribution in [0.2, 0.25) is 0 Å². The molecule has 228 valence electrons. The van der Waals surface area contributed by atoms with Gasteiger partial charge in [0.15, 0.2) is 5.82 Å². The zero-order valence-corrected chi connectivity index (χ0v) is 25.6. The van der Waals surface area contributed by atoms with Crippen LogP contribution < -0.4 is 16.0 Å². The van der Waals surface area contributed by atoms with Crippen molar-refractivity contribution in [3.63, 3.8) is 0 Å². The molecule has 10 nitrogen and oxygen atoms in total. The highest BCUT2D eigenvalue weighted by atomic mass is 16.2. The van der Waals surface area contributed by atoms with Crippen LogP contribution in [0.1, 0.15) is 38.3 Å². The van der Waals surface area contributed by atoms with Crippen LogP contribution in [0.25, 0.3) is 22.2 Å². The van der Waals surface area contributed by atoms with E-state index >= 15 is 0 Å². The number of aromatic nitrogens is 3. The minimum atomic E-state index is -0.0317. The number of nitrogens with two attached hydrogens (primary N) is 1. The number of fused-ring (bicyclic) bond motifs is 1. The lowest BCUT2D eigenvalue weighted by Crippen LogP contribution is -2.52. The Hall–Kier alpha value is -3.76. The van der Waals surface area contributed by atoms with E-state index < -0.39 is 0 Å². The predicted octanol–water partition coefficient (Wildman–Crippen LogP) is 3.64. The van der Waals surface area contributed by atoms with E-state index in [1.807, 2.05) is 11.1 Å². The summed E-state index contributed by atoms with van der Waals surface area (Å²) >= 11 is 0. The quantitative estimate of drug-likeness (QED) is 0.403. The Morgan fingerprint density at radius 2 is 1.77 bits per heavy atom. The number of carbonyl (C=O) groups excluding carboxylic acids is 1. The van der Waals surface area contributed by atoms with Gasteiger partial charge in [0.05, 0.1) is 5.69 Å². The Kier molecular flexibility index (Phi) is 8.76. The monoisotopic (exact) mass is 583 g/mol.